The van der Waals surface area contributed by atoms with E-state index >= 15 is 0 Å². The Morgan fingerprint density at radius 3 is 2.80 bits per heavy atom. The molecule has 84 valence electrons. The third-order valence-corrected chi connectivity index (χ3v) is 2.17. The van der Waals surface area contributed by atoms with Gasteiger partial charge in [0.25, 0.3) is 0 Å². The number of amides is 1. The molecule has 1 N–H and O–H groups in total. The molecular formula is C11H17NO3. The predicted octanol–water partition coefficient (Wildman–Crippen LogP) is 1.02. The van der Waals surface area contributed by atoms with Crippen molar-refractivity contribution in [3.8, 4) is 0 Å². The van der Waals surface area contributed by atoms with Crippen molar-refractivity contribution < 1.29 is 14.3 Å². The number of ether oxygens (including phenoxy) is 1. The summed E-state index contributed by atoms with van der Waals surface area (Å²) < 4.78 is 4.79. The zero-order valence-electron chi connectivity index (χ0n) is 8.83. The Morgan fingerprint density at radius 2 is 2.20 bits per heavy atom. The van der Waals surface area contributed by atoms with Crippen molar-refractivity contribution >= 4 is 11.9 Å². The first-order valence-electron chi connectivity index (χ1n) is 5.28. The molecule has 1 rings (SSSR count). The summed E-state index contributed by atoms with van der Waals surface area (Å²) in [5, 5.41) is 2.79. The fraction of sp³-hybridized carbons (Fsp3) is 0.636. The number of rotatable bonds is 7. The minimum Gasteiger partial charge on any atom is -0.461 e. The molecule has 0 aromatic heterocycles. The maximum absolute atomic E-state index is 11.2. The summed E-state index contributed by atoms with van der Waals surface area (Å²) >= 11 is 0. The second kappa shape index (κ2) is 6.22. The van der Waals surface area contributed by atoms with E-state index in [2.05, 4.69) is 11.9 Å². The lowest BCUT2D eigenvalue weighted by molar-refractivity contribution is -0.142. The van der Waals surface area contributed by atoms with Gasteiger partial charge in [0.2, 0.25) is 5.91 Å². The summed E-state index contributed by atoms with van der Waals surface area (Å²) in [5.41, 5.74) is 0. The molecule has 0 radical (unpaired) electrons. The van der Waals surface area contributed by atoms with Crippen LogP contribution in [0.2, 0.25) is 0 Å². The van der Waals surface area contributed by atoms with Crippen LogP contribution in [0.25, 0.3) is 0 Å². The molecule has 0 aliphatic heterocycles. The van der Waals surface area contributed by atoms with E-state index in [-0.39, 0.29) is 24.4 Å². The van der Waals surface area contributed by atoms with Gasteiger partial charge < -0.3 is 10.1 Å². The van der Waals surface area contributed by atoms with E-state index in [1.54, 1.807) is 0 Å². The minimum atomic E-state index is -0.240. The van der Waals surface area contributed by atoms with Crippen molar-refractivity contribution in [1.29, 1.82) is 0 Å². The molecule has 0 heterocycles. The van der Waals surface area contributed by atoms with E-state index in [9.17, 15) is 9.59 Å². The molecule has 4 heteroatoms. The predicted molar refractivity (Wildman–Crippen MR) is 56.1 cm³/mol. The van der Waals surface area contributed by atoms with Crippen molar-refractivity contribution in [2.75, 3.05) is 13.2 Å². The average Bonchev–Trinajstić information content (AvgIpc) is 3.04. The number of hydrogen-bond donors (Lipinski definition) is 1. The molecule has 0 bridgehead atoms. The zero-order chi connectivity index (χ0) is 11.1. The summed E-state index contributed by atoms with van der Waals surface area (Å²) in [7, 11) is 0. The Bertz CT molecular complexity index is 246. The molecule has 0 spiro atoms. The quantitative estimate of drug-likeness (QED) is 0.388. The Kier molecular flexibility index (Phi) is 4.87. The molecule has 0 atom stereocenters. The lowest BCUT2D eigenvalue weighted by Crippen LogP contribution is -2.26. The largest absolute Gasteiger partial charge is 0.461 e. The first kappa shape index (κ1) is 11.8. The molecule has 0 aromatic carbocycles. The molecule has 1 aliphatic rings. The van der Waals surface area contributed by atoms with Crippen LogP contribution < -0.4 is 5.32 Å². The number of esters is 1. The van der Waals surface area contributed by atoms with E-state index in [4.69, 9.17) is 4.74 Å². The van der Waals surface area contributed by atoms with E-state index < -0.39 is 0 Å². The highest BCUT2D eigenvalue weighted by Gasteiger charge is 2.28. The lowest BCUT2D eigenvalue weighted by Gasteiger charge is -2.03. The number of carbonyl (C=O) groups is 2. The average molecular weight is 211 g/mol. The highest BCUT2D eigenvalue weighted by molar-refractivity contribution is 5.80. The smallest absolute Gasteiger partial charge is 0.306 e. The van der Waals surface area contributed by atoms with Gasteiger partial charge in [0, 0.05) is 18.9 Å². The maximum Gasteiger partial charge on any atom is 0.306 e. The second-order valence-electron chi connectivity index (χ2n) is 3.64. The Balaban J connectivity index is 1.93. The fourth-order valence-corrected chi connectivity index (χ4v) is 1.16. The molecule has 0 saturated heterocycles. The topological polar surface area (TPSA) is 55.4 Å². The van der Waals surface area contributed by atoms with Gasteiger partial charge in [-0.15, -0.1) is 0 Å². The molecule has 0 unspecified atom stereocenters. The van der Waals surface area contributed by atoms with Crippen molar-refractivity contribution in [3.63, 3.8) is 0 Å². The summed E-state index contributed by atoms with van der Waals surface area (Å²) in [6, 6.07) is 0. The normalized spacial score (nSPS) is 14.4. The third kappa shape index (κ3) is 5.20. The van der Waals surface area contributed by atoms with Crippen LogP contribution in [-0.4, -0.2) is 25.0 Å². The van der Waals surface area contributed by atoms with Crippen LogP contribution in [0.4, 0.5) is 0 Å². The van der Waals surface area contributed by atoms with Gasteiger partial charge >= 0.3 is 5.97 Å². The van der Waals surface area contributed by atoms with Crippen LogP contribution in [0.5, 0.6) is 0 Å². The maximum atomic E-state index is 11.2. The van der Waals surface area contributed by atoms with E-state index in [0.29, 0.717) is 19.4 Å². The van der Waals surface area contributed by atoms with E-state index in [0.717, 1.165) is 12.8 Å². The van der Waals surface area contributed by atoms with Gasteiger partial charge in [0.15, 0.2) is 0 Å². The SMILES string of the molecule is C=CCOC(=O)CCCNC(=O)C1CC1. The monoisotopic (exact) mass is 211 g/mol. The molecular weight excluding hydrogens is 194 g/mol. The molecule has 15 heavy (non-hydrogen) atoms. The highest BCUT2D eigenvalue weighted by atomic mass is 16.5. The highest BCUT2D eigenvalue weighted by Crippen LogP contribution is 2.28. The summed E-state index contributed by atoms with van der Waals surface area (Å²) in [6.45, 7) is 4.26. The molecule has 1 saturated carbocycles. The Morgan fingerprint density at radius 1 is 1.47 bits per heavy atom. The van der Waals surface area contributed by atoms with Gasteiger partial charge in [0.1, 0.15) is 6.61 Å². The van der Waals surface area contributed by atoms with Crippen LogP contribution >= 0.6 is 0 Å². The summed E-state index contributed by atoms with van der Waals surface area (Å²) in [4.78, 5) is 22.2. The lowest BCUT2D eigenvalue weighted by atomic mass is 10.3. The number of hydrogen-bond acceptors (Lipinski definition) is 3. The molecule has 4 nitrogen and oxygen atoms in total. The summed E-state index contributed by atoms with van der Waals surface area (Å²) in [5.74, 6) is 0.114. The number of carbonyl (C=O) groups excluding carboxylic acids is 2. The Hall–Kier alpha value is -1.32. The van der Waals surface area contributed by atoms with Crippen LogP contribution in [0.15, 0.2) is 12.7 Å². The first-order chi connectivity index (χ1) is 7.24. The molecule has 1 fully saturated rings. The van der Waals surface area contributed by atoms with Crippen LogP contribution in [0, 0.1) is 5.92 Å². The summed E-state index contributed by atoms with van der Waals surface area (Å²) in [6.07, 6.45) is 4.53. The van der Waals surface area contributed by atoms with Crippen molar-refractivity contribution in [2.24, 2.45) is 5.92 Å². The van der Waals surface area contributed by atoms with Crippen molar-refractivity contribution in [2.45, 2.75) is 25.7 Å². The first-order valence-corrected chi connectivity index (χ1v) is 5.28. The van der Waals surface area contributed by atoms with Gasteiger partial charge in [-0.1, -0.05) is 12.7 Å². The van der Waals surface area contributed by atoms with Crippen LogP contribution in [0.3, 0.4) is 0 Å². The molecule has 1 aliphatic carbocycles. The van der Waals surface area contributed by atoms with E-state index in [1.165, 1.54) is 6.08 Å². The van der Waals surface area contributed by atoms with Gasteiger partial charge in [-0.3, -0.25) is 9.59 Å². The van der Waals surface area contributed by atoms with Gasteiger partial charge in [0.05, 0.1) is 0 Å². The number of nitrogens with one attached hydrogen (secondary N) is 1. The standard InChI is InChI=1S/C11H17NO3/c1-2-8-15-10(13)4-3-7-12-11(14)9-5-6-9/h2,9H,1,3-8H2,(H,12,14). The van der Waals surface area contributed by atoms with Crippen molar-refractivity contribution in [3.05, 3.63) is 12.7 Å². The minimum absolute atomic E-state index is 0.120. The zero-order valence-corrected chi connectivity index (χ0v) is 8.83. The van der Waals surface area contributed by atoms with Crippen LogP contribution in [0.1, 0.15) is 25.7 Å². The molecule has 1 amide bonds. The fourth-order valence-electron chi connectivity index (χ4n) is 1.16. The van der Waals surface area contributed by atoms with Gasteiger partial charge in [-0.2, -0.15) is 0 Å². The van der Waals surface area contributed by atoms with E-state index in [1.807, 2.05) is 0 Å². The van der Waals surface area contributed by atoms with Crippen LogP contribution in [-0.2, 0) is 14.3 Å². The second-order valence-corrected chi connectivity index (χ2v) is 3.64. The Labute approximate surface area is 89.7 Å². The van der Waals surface area contributed by atoms with Crippen molar-refractivity contribution in [1.82, 2.24) is 5.32 Å². The molecule has 0 aromatic rings. The van der Waals surface area contributed by atoms with Gasteiger partial charge in [-0.25, -0.2) is 0 Å². The third-order valence-electron chi connectivity index (χ3n) is 2.17. The van der Waals surface area contributed by atoms with Gasteiger partial charge in [-0.05, 0) is 19.3 Å².